The number of halogens is 1. The van der Waals surface area contributed by atoms with Crippen molar-refractivity contribution in [1.82, 2.24) is 14.8 Å². The van der Waals surface area contributed by atoms with Crippen LogP contribution in [0.5, 0.6) is 0 Å². The van der Waals surface area contributed by atoms with Gasteiger partial charge in [-0.25, -0.2) is 4.39 Å². The average Bonchev–Trinajstić information content (AvgIpc) is 2.68. The lowest BCUT2D eigenvalue weighted by Gasteiger charge is -2.04. The Morgan fingerprint density at radius 1 is 1.47 bits per heavy atom. The lowest BCUT2D eigenvalue weighted by Crippen LogP contribution is -2.11. The molecule has 100 valence electrons. The SMILES string of the molecule is Cn1c(N)nnc1SCc1ccc(C(N)=O)cc1F. The van der Waals surface area contributed by atoms with Crippen LogP contribution in [0.15, 0.2) is 23.4 Å². The summed E-state index contributed by atoms with van der Waals surface area (Å²) in [6, 6.07) is 4.15. The third kappa shape index (κ3) is 2.84. The number of hydrogen-bond acceptors (Lipinski definition) is 5. The summed E-state index contributed by atoms with van der Waals surface area (Å²) in [5.74, 6) is -0.471. The number of benzene rings is 1. The van der Waals surface area contributed by atoms with E-state index < -0.39 is 11.7 Å². The molecule has 2 rings (SSSR count). The predicted molar refractivity (Wildman–Crippen MR) is 69.9 cm³/mol. The van der Waals surface area contributed by atoms with E-state index in [9.17, 15) is 9.18 Å². The first-order valence-electron chi connectivity index (χ1n) is 5.35. The van der Waals surface area contributed by atoms with Crippen LogP contribution >= 0.6 is 11.8 Å². The molecule has 0 radical (unpaired) electrons. The molecule has 0 aliphatic rings. The van der Waals surface area contributed by atoms with E-state index in [0.717, 1.165) is 6.07 Å². The van der Waals surface area contributed by atoms with E-state index in [1.807, 2.05) is 0 Å². The Hall–Kier alpha value is -2.09. The number of amides is 1. The van der Waals surface area contributed by atoms with Gasteiger partial charge >= 0.3 is 0 Å². The summed E-state index contributed by atoms with van der Waals surface area (Å²) in [5.41, 5.74) is 11.2. The van der Waals surface area contributed by atoms with Gasteiger partial charge in [0.1, 0.15) is 5.82 Å². The second kappa shape index (κ2) is 5.27. The Labute approximate surface area is 113 Å². The molecule has 0 saturated heterocycles. The number of thioether (sulfide) groups is 1. The van der Waals surface area contributed by atoms with Gasteiger partial charge in [-0.1, -0.05) is 17.8 Å². The molecule has 8 heteroatoms. The monoisotopic (exact) mass is 281 g/mol. The summed E-state index contributed by atoms with van der Waals surface area (Å²) in [6.45, 7) is 0. The fraction of sp³-hybridized carbons (Fsp3) is 0.182. The number of hydrogen-bond donors (Lipinski definition) is 2. The molecule has 1 heterocycles. The molecule has 1 amide bonds. The summed E-state index contributed by atoms with van der Waals surface area (Å²) in [4.78, 5) is 10.9. The molecule has 0 fully saturated rings. The van der Waals surface area contributed by atoms with E-state index in [-0.39, 0.29) is 5.56 Å². The van der Waals surface area contributed by atoms with Crippen molar-refractivity contribution >= 4 is 23.6 Å². The molecule has 0 spiro atoms. The zero-order valence-electron chi connectivity index (χ0n) is 10.1. The first-order valence-corrected chi connectivity index (χ1v) is 6.33. The Bertz CT molecular complexity index is 628. The highest BCUT2D eigenvalue weighted by molar-refractivity contribution is 7.98. The van der Waals surface area contributed by atoms with Crippen molar-refractivity contribution < 1.29 is 9.18 Å². The van der Waals surface area contributed by atoms with Crippen LogP contribution in [-0.2, 0) is 12.8 Å². The van der Waals surface area contributed by atoms with Gasteiger partial charge in [-0.15, -0.1) is 10.2 Å². The maximum absolute atomic E-state index is 13.7. The maximum atomic E-state index is 13.7. The highest BCUT2D eigenvalue weighted by Gasteiger charge is 2.10. The summed E-state index contributed by atoms with van der Waals surface area (Å²) in [5, 5.41) is 8.16. The van der Waals surface area contributed by atoms with Crippen LogP contribution in [0.25, 0.3) is 0 Å². The molecule has 0 unspecified atom stereocenters. The highest BCUT2D eigenvalue weighted by atomic mass is 32.2. The number of anilines is 1. The quantitative estimate of drug-likeness (QED) is 0.812. The highest BCUT2D eigenvalue weighted by Crippen LogP contribution is 2.23. The number of carbonyl (C=O) groups is 1. The molecular weight excluding hydrogens is 269 g/mol. The number of nitrogens with two attached hydrogens (primary N) is 2. The molecule has 4 N–H and O–H groups in total. The number of nitrogen functional groups attached to an aromatic ring is 1. The van der Waals surface area contributed by atoms with Crippen molar-refractivity contribution in [1.29, 1.82) is 0 Å². The number of primary amides is 1. The van der Waals surface area contributed by atoms with Crippen LogP contribution in [0.1, 0.15) is 15.9 Å². The second-order valence-corrected chi connectivity index (χ2v) is 4.80. The molecule has 0 aliphatic heterocycles. The van der Waals surface area contributed by atoms with E-state index >= 15 is 0 Å². The van der Waals surface area contributed by atoms with Crippen molar-refractivity contribution in [3.63, 3.8) is 0 Å². The van der Waals surface area contributed by atoms with E-state index in [4.69, 9.17) is 11.5 Å². The third-order valence-corrected chi connectivity index (χ3v) is 3.63. The largest absolute Gasteiger partial charge is 0.368 e. The molecule has 1 aromatic heterocycles. The van der Waals surface area contributed by atoms with Crippen molar-refractivity contribution in [3.05, 3.63) is 35.1 Å². The molecule has 19 heavy (non-hydrogen) atoms. The van der Waals surface area contributed by atoms with Gasteiger partial charge in [-0.2, -0.15) is 0 Å². The van der Waals surface area contributed by atoms with Crippen molar-refractivity contribution in [2.45, 2.75) is 10.9 Å². The van der Waals surface area contributed by atoms with Gasteiger partial charge in [0.15, 0.2) is 5.16 Å². The second-order valence-electron chi connectivity index (χ2n) is 3.86. The van der Waals surface area contributed by atoms with Crippen molar-refractivity contribution in [2.75, 3.05) is 5.73 Å². The zero-order valence-corrected chi connectivity index (χ0v) is 10.9. The number of rotatable bonds is 4. The topological polar surface area (TPSA) is 99.8 Å². The number of nitrogens with zero attached hydrogens (tertiary/aromatic N) is 3. The molecule has 0 saturated carbocycles. The minimum Gasteiger partial charge on any atom is -0.368 e. The minimum atomic E-state index is -0.654. The molecule has 6 nitrogen and oxygen atoms in total. The van der Waals surface area contributed by atoms with E-state index in [1.54, 1.807) is 11.6 Å². The van der Waals surface area contributed by atoms with E-state index in [1.165, 1.54) is 23.9 Å². The van der Waals surface area contributed by atoms with Crippen LogP contribution in [0, 0.1) is 5.82 Å². The summed E-state index contributed by atoms with van der Waals surface area (Å²) in [7, 11) is 1.73. The number of carbonyl (C=O) groups excluding carboxylic acids is 1. The fourth-order valence-electron chi connectivity index (χ4n) is 1.41. The van der Waals surface area contributed by atoms with Gasteiger partial charge in [0.2, 0.25) is 11.9 Å². The zero-order chi connectivity index (χ0) is 14.0. The summed E-state index contributed by atoms with van der Waals surface area (Å²) in [6.07, 6.45) is 0. The number of aromatic nitrogens is 3. The van der Waals surface area contributed by atoms with E-state index in [2.05, 4.69) is 10.2 Å². The Morgan fingerprint density at radius 3 is 2.74 bits per heavy atom. The first-order chi connectivity index (χ1) is 8.99. The Balaban J connectivity index is 2.12. The molecule has 0 atom stereocenters. The average molecular weight is 281 g/mol. The van der Waals surface area contributed by atoms with Crippen LogP contribution in [0.4, 0.5) is 10.3 Å². The molecule has 0 aliphatic carbocycles. The van der Waals surface area contributed by atoms with Gasteiger partial charge < -0.3 is 11.5 Å². The third-order valence-electron chi connectivity index (χ3n) is 2.56. The van der Waals surface area contributed by atoms with Crippen LogP contribution < -0.4 is 11.5 Å². The van der Waals surface area contributed by atoms with Crippen molar-refractivity contribution in [2.24, 2.45) is 12.8 Å². The van der Waals surface area contributed by atoms with Gasteiger partial charge in [0.25, 0.3) is 0 Å². The summed E-state index contributed by atoms with van der Waals surface area (Å²) < 4.78 is 15.3. The summed E-state index contributed by atoms with van der Waals surface area (Å²) >= 11 is 1.30. The van der Waals surface area contributed by atoms with Crippen molar-refractivity contribution in [3.8, 4) is 0 Å². The van der Waals surface area contributed by atoms with Gasteiger partial charge in [-0.05, 0) is 17.7 Å². The first kappa shape index (κ1) is 13.3. The fourth-order valence-corrected chi connectivity index (χ4v) is 2.32. The lowest BCUT2D eigenvalue weighted by molar-refractivity contribution is 0.1000. The van der Waals surface area contributed by atoms with Crippen LogP contribution in [0.3, 0.4) is 0 Å². The van der Waals surface area contributed by atoms with Gasteiger partial charge in [0.05, 0.1) is 0 Å². The van der Waals surface area contributed by atoms with Crippen LogP contribution in [0.2, 0.25) is 0 Å². The van der Waals surface area contributed by atoms with E-state index in [0.29, 0.717) is 22.4 Å². The van der Waals surface area contributed by atoms with Gasteiger partial charge in [-0.3, -0.25) is 9.36 Å². The molecule has 0 bridgehead atoms. The Morgan fingerprint density at radius 2 is 2.21 bits per heavy atom. The predicted octanol–water partition coefficient (Wildman–Crippen LogP) is 0.928. The Kier molecular flexibility index (Phi) is 3.70. The standard InChI is InChI=1S/C11H12FN5OS/c1-17-10(14)15-16-11(17)19-5-7-3-2-6(9(13)18)4-8(7)12/h2-4H,5H2,1H3,(H2,13,18)(H2,14,15). The lowest BCUT2D eigenvalue weighted by atomic mass is 10.1. The van der Waals surface area contributed by atoms with Crippen LogP contribution in [-0.4, -0.2) is 20.7 Å². The minimum absolute atomic E-state index is 0.147. The van der Waals surface area contributed by atoms with Gasteiger partial charge in [0, 0.05) is 18.4 Å². The normalized spacial score (nSPS) is 10.6. The molecule has 2 aromatic rings. The molecular formula is C11H12FN5OS. The molecule has 1 aromatic carbocycles. The smallest absolute Gasteiger partial charge is 0.248 e. The maximum Gasteiger partial charge on any atom is 0.248 e.